The number of benzene rings is 2. The number of amides is 1. The molecule has 0 bridgehead atoms. The van der Waals surface area contributed by atoms with Gasteiger partial charge in [-0.2, -0.15) is 5.10 Å². The molecule has 3 aromatic rings. The number of ether oxygens (including phenoxy) is 2. The Bertz CT molecular complexity index is 956. The SMILES string of the molecule is O=C(Cc1cc(Cl)c2c(c1)OCCO2)Nc1ccnn1Cc1ccccc1. The van der Waals surface area contributed by atoms with Gasteiger partial charge in [0.15, 0.2) is 11.5 Å². The fraction of sp³-hybridized carbons (Fsp3) is 0.200. The summed E-state index contributed by atoms with van der Waals surface area (Å²) < 4.78 is 12.8. The molecule has 1 N–H and O–H groups in total. The summed E-state index contributed by atoms with van der Waals surface area (Å²) in [5.41, 5.74) is 1.87. The van der Waals surface area contributed by atoms with E-state index in [0.717, 1.165) is 11.1 Å². The van der Waals surface area contributed by atoms with Gasteiger partial charge in [0, 0.05) is 6.07 Å². The molecule has 0 unspecified atom stereocenters. The van der Waals surface area contributed by atoms with Gasteiger partial charge in [0.2, 0.25) is 5.91 Å². The highest BCUT2D eigenvalue weighted by Gasteiger charge is 2.18. The lowest BCUT2D eigenvalue weighted by Gasteiger charge is -2.20. The van der Waals surface area contributed by atoms with Gasteiger partial charge in [-0.3, -0.25) is 4.79 Å². The van der Waals surface area contributed by atoms with Crippen LogP contribution in [-0.4, -0.2) is 28.9 Å². The molecule has 0 atom stereocenters. The van der Waals surface area contributed by atoms with Gasteiger partial charge < -0.3 is 14.8 Å². The Hall–Kier alpha value is -2.99. The molecular weight excluding hydrogens is 366 g/mol. The quantitative estimate of drug-likeness (QED) is 0.732. The summed E-state index contributed by atoms with van der Waals surface area (Å²) in [5, 5.41) is 7.64. The molecular formula is C20H18ClN3O3. The number of aromatic nitrogens is 2. The van der Waals surface area contributed by atoms with Gasteiger partial charge in [-0.15, -0.1) is 0 Å². The molecule has 4 rings (SSSR count). The molecule has 0 fully saturated rings. The van der Waals surface area contributed by atoms with Crippen LogP contribution in [0.4, 0.5) is 5.82 Å². The highest BCUT2D eigenvalue weighted by Crippen LogP contribution is 2.38. The van der Waals surface area contributed by atoms with Gasteiger partial charge in [-0.1, -0.05) is 41.9 Å². The Morgan fingerprint density at radius 3 is 2.78 bits per heavy atom. The van der Waals surface area contributed by atoms with Crippen molar-refractivity contribution in [2.45, 2.75) is 13.0 Å². The third-order valence-electron chi connectivity index (χ3n) is 4.18. The lowest BCUT2D eigenvalue weighted by Crippen LogP contribution is -2.19. The van der Waals surface area contributed by atoms with Crippen molar-refractivity contribution >= 4 is 23.3 Å². The highest BCUT2D eigenvalue weighted by atomic mass is 35.5. The third-order valence-corrected chi connectivity index (χ3v) is 4.46. The van der Waals surface area contributed by atoms with E-state index in [4.69, 9.17) is 21.1 Å². The first kappa shape index (κ1) is 17.4. The average Bonchev–Trinajstić information content (AvgIpc) is 3.09. The molecule has 0 spiro atoms. The number of hydrogen-bond donors (Lipinski definition) is 1. The predicted molar refractivity (Wildman–Crippen MR) is 103 cm³/mol. The summed E-state index contributed by atoms with van der Waals surface area (Å²) in [6, 6.07) is 15.3. The lowest BCUT2D eigenvalue weighted by atomic mass is 10.1. The molecule has 2 heterocycles. The van der Waals surface area contributed by atoms with E-state index in [1.54, 1.807) is 29.1 Å². The minimum atomic E-state index is -0.155. The third kappa shape index (κ3) is 4.06. The molecule has 138 valence electrons. The van der Waals surface area contributed by atoms with Gasteiger partial charge >= 0.3 is 0 Å². The summed E-state index contributed by atoms with van der Waals surface area (Å²) in [6.07, 6.45) is 1.84. The topological polar surface area (TPSA) is 65.4 Å². The number of hydrogen-bond acceptors (Lipinski definition) is 4. The predicted octanol–water partition coefficient (Wildman–Crippen LogP) is 3.54. The molecule has 2 aromatic carbocycles. The van der Waals surface area contributed by atoms with Crippen LogP contribution in [0.3, 0.4) is 0 Å². The number of carbonyl (C=O) groups is 1. The largest absolute Gasteiger partial charge is 0.486 e. The number of rotatable bonds is 5. The van der Waals surface area contributed by atoms with Crippen LogP contribution in [0.1, 0.15) is 11.1 Å². The molecule has 6 nitrogen and oxygen atoms in total. The molecule has 1 aromatic heterocycles. The lowest BCUT2D eigenvalue weighted by molar-refractivity contribution is -0.115. The highest BCUT2D eigenvalue weighted by molar-refractivity contribution is 6.32. The van der Waals surface area contributed by atoms with Gasteiger partial charge in [0.05, 0.1) is 24.2 Å². The summed E-state index contributed by atoms with van der Waals surface area (Å²) in [7, 11) is 0. The Kier molecular flexibility index (Phi) is 4.98. The van der Waals surface area contributed by atoms with Gasteiger partial charge in [-0.05, 0) is 23.3 Å². The summed E-state index contributed by atoms with van der Waals surface area (Å²) >= 11 is 6.24. The summed E-state index contributed by atoms with van der Waals surface area (Å²) in [6.45, 7) is 1.52. The first-order valence-electron chi connectivity index (χ1n) is 8.62. The Labute approximate surface area is 161 Å². The van der Waals surface area contributed by atoms with Gasteiger partial charge in [0.1, 0.15) is 19.0 Å². The molecule has 0 radical (unpaired) electrons. The van der Waals surface area contributed by atoms with E-state index in [9.17, 15) is 4.79 Å². The molecule has 1 amide bonds. The summed E-state index contributed by atoms with van der Waals surface area (Å²) in [4.78, 5) is 12.5. The molecule has 0 aliphatic carbocycles. The maximum atomic E-state index is 12.5. The fourth-order valence-corrected chi connectivity index (χ4v) is 3.25. The molecule has 0 saturated carbocycles. The average molecular weight is 384 g/mol. The van der Waals surface area contributed by atoms with Crippen molar-refractivity contribution in [3.05, 3.63) is 70.9 Å². The second-order valence-corrected chi connectivity index (χ2v) is 6.59. The zero-order valence-electron chi connectivity index (χ0n) is 14.5. The second kappa shape index (κ2) is 7.72. The van der Waals surface area contributed by atoms with E-state index in [1.165, 1.54) is 0 Å². The smallest absolute Gasteiger partial charge is 0.229 e. The second-order valence-electron chi connectivity index (χ2n) is 6.19. The van der Waals surface area contributed by atoms with Crippen molar-refractivity contribution in [2.24, 2.45) is 0 Å². The van der Waals surface area contributed by atoms with Crippen LogP contribution < -0.4 is 14.8 Å². The molecule has 1 aliphatic rings. The minimum Gasteiger partial charge on any atom is -0.486 e. The maximum Gasteiger partial charge on any atom is 0.229 e. The van der Waals surface area contributed by atoms with Crippen molar-refractivity contribution in [3.63, 3.8) is 0 Å². The Morgan fingerprint density at radius 1 is 1.11 bits per heavy atom. The van der Waals surface area contributed by atoms with E-state index in [0.29, 0.717) is 42.1 Å². The zero-order chi connectivity index (χ0) is 18.6. The molecule has 27 heavy (non-hydrogen) atoms. The number of nitrogens with zero attached hydrogens (tertiary/aromatic N) is 2. The van der Waals surface area contributed by atoms with E-state index >= 15 is 0 Å². The zero-order valence-corrected chi connectivity index (χ0v) is 15.3. The molecule has 0 saturated heterocycles. The fourth-order valence-electron chi connectivity index (χ4n) is 2.96. The van der Waals surface area contributed by atoms with Crippen LogP contribution in [0.15, 0.2) is 54.7 Å². The Balaban J connectivity index is 1.45. The van der Waals surface area contributed by atoms with Crippen molar-refractivity contribution in [1.82, 2.24) is 9.78 Å². The molecule has 7 heteroatoms. The van der Waals surface area contributed by atoms with E-state index in [-0.39, 0.29) is 12.3 Å². The standard InChI is InChI=1S/C20H18ClN3O3/c21-16-10-15(11-17-20(16)27-9-8-26-17)12-19(25)23-18-6-7-22-24(18)13-14-4-2-1-3-5-14/h1-7,10-11H,8-9,12-13H2,(H,23,25). The van der Waals surface area contributed by atoms with Crippen molar-refractivity contribution < 1.29 is 14.3 Å². The van der Waals surface area contributed by atoms with Crippen LogP contribution in [-0.2, 0) is 17.8 Å². The normalized spacial score (nSPS) is 12.6. The number of nitrogens with one attached hydrogen (secondary N) is 1. The van der Waals surface area contributed by atoms with Crippen LogP contribution >= 0.6 is 11.6 Å². The number of carbonyl (C=O) groups excluding carboxylic acids is 1. The van der Waals surface area contributed by atoms with E-state index < -0.39 is 0 Å². The maximum absolute atomic E-state index is 12.5. The number of fused-ring (bicyclic) bond motifs is 1. The van der Waals surface area contributed by atoms with E-state index in [1.807, 2.05) is 30.3 Å². The Morgan fingerprint density at radius 2 is 1.93 bits per heavy atom. The minimum absolute atomic E-state index is 0.155. The van der Waals surface area contributed by atoms with Crippen LogP contribution in [0.5, 0.6) is 11.5 Å². The molecule has 1 aliphatic heterocycles. The summed E-state index contributed by atoms with van der Waals surface area (Å²) in [5.74, 6) is 1.60. The van der Waals surface area contributed by atoms with Crippen molar-refractivity contribution in [2.75, 3.05) is 18.5 Å². The number of halogens is 1. The van der Waals surface area contributed by atoms with Gasteiger partial charge in [0.25, 0.3) is 0 Å². The van der Waals surface area contributed by atoms with Crippen LogP contribution in [0.2, 0.25) is 5.02 Å². The van der Waals surface area contributed by atoms with Crippen LogP contribution in [0.25, 0.3) is 0 Å². The monoisotopic (exact) mass is 383 g/mol. The number of anilines is 1. The van der Waals surface area contributed by atoms with Crippen molar-refractivity contribution in [1.29, 1.82) is 0 Å². The van der Waals surface area contributed by atoms with E-state index in [2.05, 4.69) is 10.4 Å². The van der Waals surface area contributed by atoms with Crippen molar-refractivity contribution in [3.8, 4) is 11.5 Å². The van der Waals surface area contributed by atoms with Gasteiger partial charge in [-0.25, -0.2) is 4.68 Å². The first-order chi connectivity index (χ1) is 13.2. The first-order valence-corrected chi connectivity index (χ1v) is 9.00. The van der Waals surface area contributed by atoms with Crippen LogP contribution in [0, 0.1) is 0 Å².